The molecule has 0 saturated heterocycles. The van der Waals surface area contributed by atoms with Gasteiger partial charge in [-0.25, -0.2) is 4.79 Å². The Morgan fingerprint density at radius 3 is 2.39 bits per heavy atom. The second kappa shape index (κ2) is 9.27. The van der Waals surface area contributed by atoms with Gasteiger partial charge in [0.25, 0.3) is 0 Å². The monoisotopic (exact) mass is 413 g/mol. The third-order valence-electron chi connectivity index (χ3n) is 5.27. The molecule has 0 heterocycles. The molecule has 156 valence electrons. The molecule has 1 aliphatic carbocycles. The molecule has 0 bridgehead atoms. The maximum Gasteiger partial charge on any atom is 0.407 e. The molecule has 1 aliphatic rings. The van der Waals surface area contributed by atoms with Crippen molar-refractivity contribution in [1.82, 2.24) is 5.32 Å². The summed E-state index contributed by atoms with van der Waals surface area (Å²) in [4.78, 5) is 12.2. The van der Waals surface area contributed by atoms with E-state index in [1.54, 1.807) is 12.1 Å². The molecule has 0 saturated carbocycles. The zero-order valence-electron chi connectivity index (χ0n) is 17.2. The lowest BCUT2D eigenvalue weighted by atomic mass is 9.98. The van der Waals surface area contributed by atoms with Gasteiger partial charge in [0.05, 0.1) is 12.7 Å². The molecule has 5 heteroatoms. The Morgan fingerprint density at radius 1 is 1.03 bits per heavy atom. The molecule has 0 aliphatic heterocycles. The van der Waals surface area contributed by atoms with Crippen molar-refractivity contribution in [2.24, 2.45) is 0 Å². The highest BCUT2D eigenvalue weighted by Crippen LogP contribution is 2.44. The van der Waals surface area contributed by atoms with Crippen LogP contribution in [0.2, 0.25) is 0 Å². The Labute approximate surface area is 181 Å². The first-order chi connectivity index (χ1) is 15.2. The van der Waals surface area contributed by atoms with Gasteiger partial charge in [-0.2, -0.15) is 0 Å². The number of benzene rings is 3. The standard InChI is InChI=1S/C26H23NO4/c1-30-25-16-19(28)14-13-18(25)8-6-7-15-27-26(29)31-17-24-22-11-4-2-9-20(22)21-10-3-5-12-23(21)24/h2-5,9-14,16,24,28H,7,15,17H2,1H3,(H,27,29). The van der Waals surface area contributed by atoms with Crippen LogP contribution in [0.1, 0.15) is 29.0 Å². The summed E-state index contributed by atoms with van der Waals surface area (Å²) in [5, 5.41) is 12.2. The fraction of sp³-hybridized carbons (Fsp3) is 0.192. The normalized spacial score (nSPS) is 11.6. The number of aromatic hydroxyl groups is 1. The van der Waals surface area contributed by atoms with Crippen molar-refractivity contribution in [3.8, 4) is 34.5 Å². The Morgan fingerprint density at radius 2 is 1.71 bits per heavy atom. The second-order valence-corrected chi connectivity index (χ2v) is 7.19. The number of carbonyl (C=O) groups excluding carboxylic acids is 1. The first-order valence-corrected chi connectivity index (χ1v) is 10.1. The number of ether oxygens (including phenoxy) is 2. The quantitative estimate of drug-likeness (QED) is 0.471. The fourth-order valence-electron chi connectivity index (χ4n) is 3.82. The van der Waals surface area contributed by atoms with Crippen molar-refractivity contribution in [2.45, 2.75) is 12.3 Å². The van der Waals surface area contributed by atoms with Crippen molar-refractivity contribution in [1.29, 1.82) is 0 Å². The zero-order valence-corrected chi connectivity index (χ0v) is 17.2. The Kier molecular flexibility index (Phi) is 6.09. The van der Waals surface area contributed by atoms with E-state index in [0.29, 0.717) is 24.3 Å². The van der Waals surface area contributed by atoms with Gasteiger partial charge in [0.1, 0.15) is 18.1 Å². The van der Waals surface area contributed by atoms with Crippen LogP contribution in [0.15, 0.2) is 66.7 Å². The van der Waals surface area contributed by atoms with E-state index in [1.807, 2.05) is 24.3 Å². The molecule has 3 aromatic rings. The van der Waals surface area contributed by atoms with Gasteiger partial charge in [-0.1, -0.05) is 60.4 Å². The van der Waals surface area contributed by atoms with E-state index < -0.39 is 6.09 Å². The van der Waals surface area contributed by atoms with Gasteiger partial charge in [-0.05, 0) is 34.4 Å². The molecule has 4 rings (SSSR count). The van der Waals surface area contributed by atoms with Crippen LogP contribution >= 0.6 is 0 Å². The third-order valence-corrected chi connectivity index (χ3v) is 5.27. The zero-order chi connectivity index (χ0) is 21.6. The van der Waals surface area contributed by atoms with Crippen LogP contribution < -0.4 is 10.1 Å². The van der Waals surface area contributed by atoms with Crippen molar-refractivity contribution in [2.75, 3.05) is 20.3 Å². The number of fused-ring (bicyclic) bond motifs is 3. The first kappa shape index (κ1) is 20.4. The lowest BCUT2D eigenvalue weighted by Gasteiger charge is -2.14. The number of rotatable bonds is 5. The number of methoxy groups -OCH3 is 1. The van der Waals surface area contributed by atoms with Gasteiger partial charge >= 0.3 is 6.09 Å². The summed E-state index contributed by atoms with van der Waals surface area (Å²) >= 11 is 0. The SMILES string of the molecule is COc1cc(O)ccc1C#CCCNC(=O)OCC1c2ccccc2-c2ccccc21. The fourth-order valence-corrected chi connectivity index (χ4v) is 3.82. The van der Waals surface area contributed by atoms with Crippen molar-refractivity contribution >= 4 is 6.09 Å². The van der Waals surface area contributed by atoms with Crippen LogP contribution in [0, 0.1) is 11.8 Å². The van der Waals surface area contributed by atoms with Gasteiger partial charge in [0, 0.05) is 24.9 Å². The van der Waals surface area contributed by atoms with Crippen LogP contribution in [0.4, 0.5) is 4.79 Å². The smallest absolute Gasteiger partial charge is 0.407 e. The molecule has 0 aromatic heterocycles. The van der Waals surface area contributed by atoms with E-state index >= 15 is 0 Å². The molecule has 0 fully saturated rings. The van der Waals surface area contributed by atoms with Gasteiger partial charge in [-0.15, -0.1) is 0 Å². The number of phenolic OH excluding ortho intramolecular Hbond substituents is 1. The van der Waals surface area contributed by atoms with Crippen molar-refractivity contribution in [3.63, 3.8) is 0 Å². The number of alkyl carbamates (subject to hydrolysis) is 1. The van der Waals surface area contributed by atoms with Gasteiger partial charge in [-0.3, -0.25) is 0 Å². The predicted octanol–water partition coefficient (Wildman–Crippen LogP) is 4.68. The Balaban J connectivity index is 1.29. The minimum Gasteiger partial charge on any atom is -0.508 e. The van der Waals surface area contributed by atoms with E-state index in [9.17, 15) is 9.90 Å². The summed E-state index contributed by atoms with van der Waals surface area (Å²) in [6.45, 7) is 0.667. The van der Waals surface area contributed by atoms with E-state index in [2.05, 4.69) is 41.4 Å². The van der Waals surface area contributed by atoms with Crippen LogP contribution in [0.3, 0.4) is 0 Å². The maximum atomic E-state index is 12.2. The highest BCUT2D eigenvalue weighted by molar-refractivity contribution is 5.79. The largest absolute Gasteiger partial charge is 0.508 e. The summed E-state index contributed by atoms with van der Waals surface area (Å²) in [5.41, 5.74) is 5.45. The predicted molar refractivity (Wildman–Crippen MR) is 119 cm³/mol. The van der Waals surface area contributed by atoms with Crippen LogP contribution in [-0.2, 0) is 4.74 Å². The van der Waals surface area contributed by atoms with E-state index in [1.165, 1.54) is 35.4 Å². The number of carbonyl (C=O) groups is 1. The minimum atomic E-state index is -0.453. The summed E-state index contributed by atoms with van der Waals surface area (Å²) in [6, 6.07) is 21.2. The van der Waals surface area contributed by atoms with Gasteiger partial charge in [0.2, 0.25) is 0 Å². The van der Waals surface area contributed by atoms with E-state index in [0.717, 1.165) is 0 Å². The number of hydrogen-bond donors (Lipinski definition) is 2. The average Bonchev–Trinajstić information content (AvgIpc) is 3.12. The van der Waals surface area contributed by atoms with Crippen LogP contribution in [-0.4, -0.2) is 31.5 Å². The average molecular weight is 413 g/mol. The highest BCUT2D eigenvalue weighted by atomic mass is 16.5. The molecule has 31 heavy (non-hydrogen) atoms. The number of phenols is 1. The Hall–Kier alpha value is -3.91. The molecule has 5 nitrogen and oxygen atoms in total. The molecule has 0 radical (unpaired) electrons. The van der Waals surface area contributed by atoms with Crippen molar-refractivity contribution in [3.05, 3.63) is 83.4 Å². The highest BCUT2D eigenvalue weighted by Gasteiger charge is 2.28. The maximum absolute atomic E-state index is 12.2. The molecule has 0 unspecified atom stereocenters. The topological polar surface area (TPSA) is 67.8 Å². The molecular weight excluding hydrogens is 390 g/mol. The lowest BCUT2D eigenvalue weighted by molar-refractivity contribution is 0.143. The van der Waals surface area contributed by atoms with Gasteiger partial charge in [0.15, 0.2) is 0 Å². The molecular formula is C26H23NO4. The summed E-state index contributed by atoms with van der Waals surface area (Å²) in [5.74, 6) is 6.66. The first-order valence-electron chi connectivity index (χ1n) is 10.1. The van der Waals surface area contributed by atoms with Crippen LogP contribution in [0.5, 0.6) is 11.5 Å². The Bertz CT molecular complexity index is 1110. The van der Waals surface area contributed by atoms with E-state index in [4.69, 9.17) is 9.47 Å². The third kappa shape index (κ3) is 4.49. The minimum absolute atomic E-state index is 0.0416. The molecule has 0 spiro atoms. The number of nitrogens with one attached hydrogen (secondary N) is 1. The second-order valence-electron chi connectivity index (χ2n) is 7.19. The summed E-state index contributed by atoms with van der Waals surface area (Å²) in [7, 11) is 1.53. The van der Waals surface area contributed by atoms with Crippen LogP contribution in [0.25, 0.3) is 11.1 Å². The summed E-state index contributed by atoms with van der Waals surface area (Å²) < 4.78 is 10.7. The van der Waals surface area contributed by atoms with E-state index in [-0.39, 0.29) is 18.3 Å². The van der Waals surface area contributed by atoms with Crippen molar-refractivity contribution < 1.29 is 19.4 Å². The number of hydrogen-bond acceptors (Lipinski definition) is 4. The molecule has 2 N–H and O–H groups in total. The molecule has 0 atom stereocenters. The number of amides is 1. The molecule has 3 aromatic carbocycles. The van der Waals surface area contributed by atoms with Gasteiger partial charge < -0.3 is 19.9 Å². The molecule has 1 amide bonds. The lowest BCUT2D eigenvalue weighted by Crippen LogP contribution is -2.26. The summed E-state index contributed by atoms with van der Waals surface area (Å²) in [6.07, 6.45) is 0.0136.